The molecule has 9 nitrogen and oxygen atoms in total. The van der Waals surface area contributed by atoms with E-state index in [0.717, 1.165) is 37.4 Å². The van der Waals surface area contributed by atoms with Crippen LogP contribution in [0.4, 0.5) is 22.7 Å². The molecule has 0 aliphatic carbocycles. The number of piperazine rings is 1. The second-order valence-corrected chi connectivity index (χ2v) is 10.4. The minimum absolute atomic E-state index is 0.222. The zero-order valence-electron chi connectivity index (χ0n) is 23.1. The van der Waals surface area contributed by atoms with Crippen LogP contribution in [0, 0.1) is 0 Å². The largest absolute Gasteiger partial charge is 0.369 e. The van der Waals surface area contributed by atoms with Gasteiger partial charge in [-0.3, -0.25) is 19.4 Å². The molecule has 42 heavy (non-hydrogen) atoms. The summed E-state index contributed by atoms with van der Waals surface area (Å²) in [6.07, 6.45) is 4.77. The standard InChI is InChI=1S/C33H30N6O3/c1-38-14-16-39(17-15-38)27-10-8-25(9-11-27)35-21-29-28-12-7-23(19-30(28)37-33(29)42)31(40)22-4-2-6-26(18-22)36-32(41)24-5-3-13-34-20-24/h2-13,18-21,35H,14-17H2,1H3,(H,36,41)(H,37,42). The summed E-state index contributed by atoms with van der Waals surface area (Å²) in [6, 6.07) is 23.5. The van der Waals surface area contributed by atoms with E-state index < -0.39 is 0 Å². The van der Waals surface area contributed by atoms with Gasteiger partial charge in [-0.05, 0) is 61.6 Å². The average molecular weight is 559 g/mol. The molecule has 0 radical (unpaired) electrons. The van der Waals surface area contributed by atoms with E-state index in [1.807, 2.05) is 12.1 Å². The molecule has 2 aliphatic heterocycles. The van der Waals surface area contributed by atoms with E-state index >= 15 is 0 Å². The Morgan fingerprint density at radius 3 is 2.38 bits per heavy atom. The van der Waals surface area contributed by atoms with Gasteiger partial charge in [-0.15, -0.1) is 0 Å². The average Bonchev–Trinajstić information content (AvgIpc) is 3.34. The van der Waals surface area contributed by atoms with Crippen molar-refractivity contribution in [2.75, 3.05) is 54.1 Å². The lowest BCUT2D eigenvalue weighted by Crippen LogP contribution is -2.44. The maximum atomic E-state index is 13.3. The smallest absolute Gasteiger partial charge is 0.257 e. The summed E-state index contributed by atoms with van der Waals surface area (Å²) in [7, 11) is 2.14. The first-order chi connectivity index (χ1) is 20.4. The van der Waals surface area contributed by atoms with Crippen molar-refractivity contribution < 1.29 is 14.4 Å². The number of hydrogen-bond donors (Lipinski definition) is 3. The van der Waals surface area contributed by atoms with Crippen LogP contribution < -0.4 is 20.9 Å². The number of fused-ring (bicyclic) bond motifs is 1. The molecule has 4 aromatic rings. The van der Waals surface area contributed by atoms with Crippen molar-refractivity contribution >= 4 is 45.9 Å². The Balaban J connectivity index is 1.14. The van der Waals surface area contributed by atoms with E-state index in [4.69, 9.17) is 0 Å². The van der Waals surface area contributed by atoms with Gasteiger partial charge in [0.2, 0.25) is 0 Å². The first-order valence-electron chi connectivity index (χ1n) is 13.8. The molecule has 9 heteroatoms. The lowest BCUT2D eigenvalue weighted by Gasteiger charge is -2.34. The molecular formula is C33H30N6O3. The minimum atomic E-state index is -0.313. The minimum Gasteiger partial charge on any atom is -0.369 e. The fraction of sp³-hybridized carbons (Fsp3) is 0.152. The molecule has 2 aliphatic rings. The Bertz CT molecular complexity index is 1680. The van der Waals surface area contributed by atoms with Crippen LogP contribution in [-0.4, -0.2) is 60.7 Å². The summed E-state index contributed by atoms with van der Waals surface area (Å²) in [4.78, 5) is 47.3. The molecule has 0 bridgehead atoms. The Labute approximate surface area is 243 Å². The molecule has 2 amide bonds. The highest BCUT2D eigenvalue weighted by atomic mass is 16.2. The van der Waals surface area contributed by atoms with Gasteiger partial charge in [0.05, 0.1) is 11.1 Å². The number of benzene rings is 3. The second-order valence-electron chi connectivity index (χ2n) is 10.4. The Hall–Kier alpha value is -5.28. The van der Waals surface area contributed by atoms with Gasteiger partial charge in [0.25, 0.3) is 11.8 Å². The van der Waals surface area contributed by atoms with Crippen molar-refractivity contribution in [3.05, 3.63) is 120 Å². The molecular weight excluding hydrogens is 528 g/mol. The number of nitrogens with zero attached hydrogens (tertiary/aromatic N) is 3. The van der Waals surface area contributed by atoms with Crippen LogP contribution in [0.3, 0.4) is 0 Å². The molecule has 6 rings (SSSR count). The van der Waals surface area contributed by atoms with Gasteiger partial charge in [0.15, 0.2) is 5.78 Å². The van der Waals surface area contributed by atoms with Crippen molar-refractivity contribution in [2.45, 2.75) is 0 Å². The summed E-state index contributed by atoms with van der Waals surface area (Å²) in [6.45, 7) is 4.10. The molecule has 0 spiro atoms. The van der Waals surface area contributed by atoms with Crippen molar-refractivity contribution in [3.8, 4) is 0 Å². The van der Waals surface area contributed by atoms with Crippen LogP contribution in [0.5, 0.6) is 0 Å². The summed E-state index contributed by atoms with van der Waals surface area (Å²) in [5.41, 5.74) is 5.61. The molecule has 0 saturated carbocycles. The van der Waals surface area contributed by atoms with Crippen LogP contribution in [0.2, 0.25) is 0 Å². The highest BCUT2D eigenvalue weighted by Gasteiger charge is 2.25. The number of likely N-dealkylation sites (N-methyl/N-ethyl adjacent to an activating group) is 1. The lowest BCUT2D eigenvalue weighted by atomic mass is 9.99. The molecule has 0 unspecified atom stereocenters. The Morgan fingerprint density at radius 2 is 1.62 bits per heavy atom. The maximum Gasteiger partial charge on any atom is 0.257 e. The van der Waals surface area contributed by atoms with Gasteiger partial charge >= 0.3 is 0 Å². The monoisotopic (exact) mass is 558 g/mol. The van der Waals surface area contributed by atoms with Gasteiger partial charge in [-0.2, -0.15) is 0 Å². The second kappa shape index (κ2) is 11.7. The van der Waals surface area contributed by atoms with Crippen molar-refractivity contribution in [1.82, 2.24) is 9.88 Å². The molecule has 1 aromatic heterocycles. The molecule has 1 fully saturated rings. The zero-order valence-corrected chi connectivity index (χ0v) is 23.1. The molecule has 3 heterocycles. The fourth-order valence-corrected chi connectivity index (χ4v) is 5.07. The van der Waals surface area contributed by atoms with Gasteiger partial charge in [-0.25, -0.2) is 0 Å². The summed E-state index contributed by atoms with van der Waals surface area (Å²) < 4.78 is 0. The number of amides is 2. The number of carbonyl (C=O) groups excluding carboxylic acids is 3. The zero-order chi connectivity index (χ0) is 29.1. The number of hydrogen-bond acceptors (Lipinski definition) is 7. The van der Waals surface area contributed by atoms with Crippen molar-refractivity contribution in [3.63, 3.8) is 0 Å². The van der Waals surface area contributed by atoms with E-state index in [1.54, 1.807) is 67.0 Å². The van der Waals surface area contributed by atoms with E-state index in [9.17, 15) is 14.4 Å². The number of pyridine rings is 1. The SMILES string of the molecule is CN1CCN(c2ccc(NC=C3C(=O)Nc4cc(C(=O)c5cccc(NC(=O)c6cccnc6)c5)ccc43)cc2)CC1. The van der Waals surface area contributed by atoms with Crippen LogP contribution in [0.1, 0.15) is 31.8 Å². The lowest BCUT2D eigenvalue weighted by molar-refractivity contribution is -0.110. The van der Waals surface area contributed by atoms with E-state index in [-0.39, 0.29) is 17.6 Å². The van der Waals surface area contributed by atoms with Crippen LogP contribution in [0.25, 0.3) is 5.57 Å². The van der Waals surface area contributed by atoms with Gasteiger partial charge in [0, 0.05) is 84.2 Å². The molecule has 1 saturated heterocycles. The predicted molar refractivity (Wildman–Crippen MR) is 165 cm³/mol. The third-order valence-electron chi connectivity index (χ3n) is 7.49. The van der Waals surface area contributed by atoms with E-state index in [1.165, 1.54) is 11.9 Å². The fourth-order valence-electron chi connectivity index (χ4n) is 5.07. The molecule has 3 N–H and O–H groups in total. The Kier molecular flexibility index (Phi) is 7.49. The van der Waals surface area contributed by atoms with Crippen LogP contribution in [0.15, 0.2) is 97.5 Å². The van der Waals surface area contributed by atoms with Crippen LogP contribution >= 0.6 is 0 Å². The first kappa shape index (κ1) is 26.9. The Morgan fingerprint density at radius 1 is 0.857 bits per heavy atom. The summed E-state index contributed by atoms with van der Waals surface area (Å²) in [5.74, 6) is -0.774. The number of nitrogens with one attached hydrogen (secondary N) is 3. The normalized spacial score (nSPS) is 15.7. The number of anilines is 4. The number of rotatable bonds is 7. The number of aromatic nitrogens is 1. The molecule has 0 atom stereocenters. The van der Waals surface area contributed by atoms with E-state index in [2.05, 4.69) is 49.9 Å². The predicted octanol–water partition coefficient (Wildman–Crippen LogP) is 4.72. The molecule has 3 aromatic carbocycles. The molecule has 210 valence electrons. The van der Waals surface area contributed by atoms with Gasteiger partial charge in [-0.1, -0.05) is 24.3 Å². The van der Waals surface area contributed by atoms with Crippen molar-refractivity contribution in [1.29, 1.82) is 0 Å². The van der Waals surface area contributed by atoms with Gasteiger partial charge < -0.3 is 25.8 Å². The highest BCUT2D eigenvalue weighted by Crippen LogP contribution is 2.33. The quantitative estimate of drug-likeness (QED) is 0.223. The van der Waals surface area contributed by atoms with E-state index in [0.29, 0.717) is 33.6 Å². The van der Waals surface area contributed by atoms with Crippen LogP contribution in [-0.2, 0) is 4.79 Å². The van der Waals surface area contributed by atoms with Gasteiger partial charge in [0.1, 0.15) is 0 Å². The third kappa shape index (κ3) is 5.77. The van der Waals surface area contributed by atoms with Crippen molar-refractivity contribution in [2.24, 2.45) is 0 Å². The topological polar surface area (TPSA) is 107 Å². The highest BCUT2D eigenvalue weighted by molar-refractivity contribution is 6.32. The summed E-state index contributed by atoms with van der Waals surface area (Å²) in [5, 5.41) is 8.91. The number of ketones is 1. The third-order valence-corrected chi connectivity index (χ3v) is 7.49. The maximum absolute atomic E-state index is 13.3. The first-order valence-corrected chi connectivity index (χ1v) is 13.8. The summed E-state index contributed by atoms with van der Waals surface area (Å²) >= 11 is 0. The number of carbonyl (C=O) groups is 3.